The number of terminal acetylenes is 1. The quantitative estimate of drug-likeness (QED) is 0.559. The smallest absolute Gasteiger partial charge is 0.115 e. The molecule has 0 radical (unpaired) electrons. The summed E-state index contributed by atoms with van der Waals surface area (Å²) >= 11 is 1.47. The zero-order chi connectivity index (χ0) is 10.7. The number of pyridine rings is 1. The number of aromatic nitrogens is 1. The van der Waals surface area contributed by atoms with Crippen LogP contribution in [0.15, 0.2) is 11.1 Å². The van der Waals surface area contributed by atoms with Gasteiger partial charge < -0.3 is 0 Å². The van der Waals surface area contributed by atoms with Crippen LogP contribution in [0.5, 0.6) is 0 Å². The summed E-state index contributed by atoms with van der Waals surface area (Å²) in [6.07, 6.45) is 8.43. The molecule has 0 fully saturated rings. The minimum atomic E-state index is 0.570. The zero-order valence-electron chi connectivity index (χ0n) is 8.29. The van der Waals surface area contributed by atoms with E-state index in [4.69, 9.17) is 11.7 Å². The molecule has 1 heterocycles. The van der Waals surface area contributed by atoms with Crippen LogP contribution in [0.3, 0.4) is 0 Å². The van der Waals surface area contributed by atoms with Gasteiger partial charge in [-0.3, -0.25) is 0 Å². The molecule has 0 unspecified atom stereocenters. The number of thioether (sulfide) groups is 1. The van der Waals surface area contributed by atoms with Crippen LogP contribution in [-0.4, -0.2) is 10.7 Å². The molecule has 2 rings (SSSR count). The molecule has 0 spiro atoms. The molecule has 0 N–H and O–H groups in total. The largest absolute Gasteiger partial charge is 0.245 e. The maximum Gasteiger partial charge on any atom is 0.115 e. The van der Waals surface area contributed by atoms with Gasteiger partial charge in [-0.25, -0.2) is 4.98 Å². The number of hydrogen-bond acceptors (Lipinski definition) is 3. The first-order valence-corrected chi connectivity index (χ1v) is 5.83. The highest BCUT2D eigenvalue weighted by molar-refractivity contribution is 7.99. The highest BCUT2D eigenvalue weighted by Gasteiger charge is 2.16. The third-order valence-corrected chi connectivity index (χ3v) is 3.32. The highest BCUT2D eigenvalue weighted by Crippen LogP contribution is 2.27. The van der Waals surface area contributed by atoms with Crippen molar-refractivity contribution in [1.29, 1.82) is 5.26 Å². The Kier molecular flexibility index (Phi) is 2.94. The van der Waals surface area contributed by atoms with E-state index in [0.29, 0.717) is 11.3 Å². The lowest BCUT2D eigenvalue weighted by atomic mass is 10.2. The van der Waals surface area contributed by atoms with Crippen molar-refractivity contribution in [2.24, 2.45) is 0 Å². The number of fused-ring (bicyclic) bond motifs is 1. The first kappa shape index (κ1) is 10.1. The maximum absolute atomic E-state index is 8.99. The van der Waals surface area contributed by atoms with Crippen LogP contribution < -0.4 is 0 Å². The summed E-state index contributed by atoms with van der Waals surface area (Å²) in [5.74, 6) is 3.12. The van der Waals surface area contributed by atoms with Gasteiger partial charge in [-0.2, -0.15) is 5.26 Å². The lowest BCUT2D eigenvalue weighted by Gasteiger charge is -2.04. The van der Waals surface area contributed by atoms with E-state index >= 15 is 0 Å². The van der Waals surface area contributed by atoms with Crippen molar-refractivity contribution in [2.45, 2.75) is 24.3 Å². The molecule has 2 nitrogen and oxygen atoms in total. The lowest BCUT2D eigenvalue weighted by Crippen LogP contribution is -1.95. The SMILES string of the molecule is C#CCSc1nc2c(cc1C#N)CCC2. The van der Waals surface area contributed by atoms with Gasteiger partial charge in [-0.15, -0.1) is 6.42 Å². The van der Waals surface area contributed by atoms with E-state index in [9.17, 15) is 0 Å². The fourth-order valence-electron chi connectivity index (χ4n) is 1.75. The van der Waals surface area contributed by atoms with Gasteiger partial charge in [0.05, 0.1) is 11.3 Å². The van der Waals surface area contributed by atoms with Crippen LogP contribution in [0.25, 0.3) is 0 Å². The van der Waals surface area contributed by atoms with Gasteiger partial charge >= 0.3 is 0 Å². The predicted octanol–water partition coefficient (Wildman–Crippen LogP) is 2.17. The van der Waals surface area contributed by atoms with Gasteiger partial charge in [-0.05, 0) is 30.9 Å². The second-order valence-electron chi connectivity index (χ2n) is 3.41. The Hall–Kier alpha value is -1.45. The van der Waals surface area contributed by atoms with Crippen LogP contribution in [0.4, 0.5) is 0 Å². The van der Waals surface area contributed by atoms with Crippen molar-refractivity contribution in [3.8, 4) is 18.4 Å². The summed E-state index contributed by atoms with van der Waals surface area (Å²) < 4.78 is 0. The van der Waals surface area contributed by atoms with Crippen molar-refractivity contribution in [3.05, 3.63) is 22.9 Å². The van der Waals surface area contributed by atoms with Gasteiger partial charge in [0.1, 0.15) is 11.1 Å². The Morgan fingerprint density at radius 2 is 2.40 bits per heavy atom. The third kappa shape index (κ3) is 1.98. The fraction of sp³-hybridized carbons (Fsp3) is 0.333. The molecule has 3 heteroatoms. The maximum atomic E-state index is 8.99. The van der Waals surface area contributed by atoms with Crippen molar-refractivity contribution in [2.75, 3.05) is 5.75 Å². The van der Waals surface area contributed by atoms with Crippen LogP contribution in [0.2, 0.25) is 0 Å². The summed E-state index contributed by atoms with van der Waals surface area (Å²) in [6, 6.07) is 4.15. The Morgan fingerprint density at radius 1 is 1.53 bits per heavy atom. The molecule has 1 aromatic heterocycles. The molecule has 74 valence electrons. The van der Waals surface area contributed by atoms with E-state index in [1.165, 1.54) is 17.3 Å². The summed E-state index contributed by atoms with van der Waals surface area (Å²) in [7, 11) is 0. The number of nitriles is 1. The zero-order valence-corrected chi connectivity index (χ0v) is 9.10. The van der Waals surface area contributed by atoms with Gasteiger partial charge in [0, 0.05) is 5.69 Å². The number of hydrogen-bond donors (Lipinski definition) is 0. The van der Waals surface area contributed by atoms with E-state index in [-0.39, 0.29) is 0 Å². The van der Waals surface area contributed by atoms with E-state index < -0.39 is 0 Å². The molecule has 0 saturated carbocycles. The average Bonchev–Trinajstić information content (AvgIpc) is 2.71. The van der Waals surface area contributed by atoms with E-state index in [2.05, 4.69) is 17.0 Å². The molecule has 0 amide bonds. The van der Waals surface area contributed by atoms with Crippen LogP contribution in [-0.2, 0) is 12.8 Å². The van der Waals surface area contributed by atoms with Gasteiger partial charge in [0.25, 0.3) is 0 Å². The number of nitrogens with zero attached hydrogens (tertiary/aromatic N) is 2. The molecular formula is C12H10N2S. The summed E-state index contributed by atoms with van der Waals surface area (Å²) in [6.45, 7) is 0. The van der Waals surface area contributed by atoms with Gasteiger partial charge in [0.2, 0.25) is 0 Å². The van der Waals surface area contributed by atoms with Gasteiger partial charge in [0.15, 0.2) is 0 Å². The molecule has 1 aliphatic rings. The molecule has 0 aromatic carbocycles. The summed E-state index contributed by atoms with van der Waals surface area (Å²) in [5, 5.41) is 9.78. The molecule has 15 heavy (non-hydrogen) atoms. The normalized spacial score (nSPS) is 12.9. The topological polar surface area (TPSA) is 36.7 Å². The monoisotopic (exact) mass is 214 g/mol. The third-order valence-electron chi connectivity index (χ3n) is 2.43. The Bertz CT molecular complexity index is 466. The molecule has 0 atom stereocenters. The van der Waals surface area contributed by atoms with E-state index in [1.807, 2.05) is 6.07 Å². The Labute approximate surface area is 93.7 Å². The molecule has 0 aliphatic heterocycles. The van der Waals surface area contributed by atoms with Crippen molar-refractivity contribution in [1.82, 2.24) is 4.98 Å². The van der Waals surface area contributed by atoms with Crippen LogP contribution in [0, 0.1) is 23.7 Å². The average molecular weight is 214 g/mol. The van der Waals surface area contributed by atoms with Crippen LogP contribution in [0.1, 0.15) is 23.2 Å². The fourth-order valence-corrected chi connectivity index (χ4v) is 2.41. The van der Waals surface area contributed by atoms with Crippen molar-refractivity contribution < 1.29 is 0 Å². The molecular weight excluding hydrogens is 204 g/mol. The second kappa shape index (κ2) is 4.38. The van der Waals surface area contributed by atoms with E-state index in [0.717, 1.165) is 30.0 Å². The van der Waals surface area contributed by atoms with Gasteiger partial charge in [-0.1, -0.05) is 17.7 Å². The second-order valence-corrected chi connectivity index (χ2v) is 4.37. The predicted molar refractivity (Wildman–Crippen MR) is 60.5 cm³/mol. The molecule has 0 bridgehead atoms. The summed E-state index contributed by atoms with van der Waals surface area (Å²) in [5.41, 5.74) is 3.04. The molecule has 1 aliphatic carbocycles. The van der Waals surface area contributed by atoms with E-state index in [1.54, 1.807) is 0 Å². The van der Waals surface area contributed by atoms with Crippen LogP contribution >= 0.6 is 11.8 Å². The first-order chi connectivity index (χ1) is 7.35. The standard InChI is InChI=1S/C12H10N2S/c1-2-6-15-12-10(8-13)7-9-4-3-5-11(9)14-12/h1,7H,3-6H2. The minimum Gasteiger partial charge on any atom is -0.245 e. The van der Waals surface area contributed by atoms with Crippen molar-refractivity contribution >= 4 is 11.8 Å². The molecule has 1 aromatic rings. The first-order valence-electron chi connectivity index (χ1n) is 4.84. The lowest BCUT2D eigenvalue weighted by molar-refractivity contribution is 0.891. The molecule has 0 saturated heterocycles. The summed E-state index contributed by atoms with van der Waals surface area (Å²) in [4.78, 5) is 4.51. The number of aryl methyl sites for hydroxylation is 2. The Balaban J connectivity index is 2.37. The highest BCUT2D eigenvalue weighted by atomic mass is 32.2. The minimum absolute atomic E-state index is 0.570. The Morgan fingerprint density at radius 3 is 3.13 bits per heavy atom. The number of rotatable bonds is 2. The van der Waals surface area contributed by atoms with Crippen molar-refractivity contribution in [3.63, 3.8) is 0 Å².